The number of hydrogen-bond donors (Lipinski definition) is 3. The summed E-state index contributed by atoms with van der Waals surface area (Å²) < 4.78 is 3.73. The summed E-state index contributed by atoms with van der Waals surface area (Å²) >= 11 is 1.20. The van der Waals surface area contributed by atoms with Crippen LogP contribution < -0.4 is 16.2 Å². The summed E-state index contributed by atoms with van der Waals surface area (Å²) in [4.78, 5) is 0. The van der Waals surface area contributed by atoms with Crippen LogP contribution in [0.25, 0.3) is 0 Å². The van der Waals surface area contributed by atoms with Gasteiger partial charge in [-0.05, 0) is 31.5 Å². The van der Waals surface area contributed by atoms with E-state index in [4.69, 9.17) is 10.9 Å². The van der Waals surface area contributed by atoms with E-state index in [-0.39, 0.29) is 5.88 Å². The van der Waals surface area contributed by atoms with Gasteiger partial charge in [0.2, 0.25) is 5.88 Å². The van der Waals surface area contributed by atoms with E-state index >= 15 is 0 Å². The number of nitrogens with one attached hydrogen (secondary N) is 1. The molecule has 5 nitrogen and oxygen atoms in total. The lowest BCUT2D eigenvalue weighted by molar-refractivity contribution is 0.460. The Hall–Kier alpha value is -0.850. The minimum Gasteiger partial charge on any atom is -0.493 e. The first kappa shape index (κ1) is 10.2. The number of rotatable bonds is 5. The molecule has 1 rings (SSSR count). The number of hydrogen-bond acceptors (Lipinski definition) is 6. The van der Waals surface area contributed by atoms with E-state index in [2.05, 4.69) is 9.69 Å². The van der Waals surface area contributed by atoms with Gasteiger partial charge in [-0.3, -0.25) is 0 Å². The van der Waals surface area contributed by atoms with Crippen molar-refractivity contribution in [2.75, 3.05) is 25.1 Å². The third kappa shape index (κ3) is 3.17. The molecule has 0 spiro atoms. The molecule has 0 atom stereocenters. The molecule has 0 aliphatic carbocycles. The largest absolute Gasteiger partial charge is 0.493 e. The van der Waals surface area contributed by atoms with Crippen molar-refractivity contribution in [2.24, 2.45) is 5.84 Å². The minimum atomic E-state index is 0.0315. The SMILES string of the molecule is CNCCCN(N)c1cc(O)ns1. The Balaban J connectivity index is 2.35. The van der Waals surface area contributed by atoms with Gasteiger partial charge in [0.05, 0.1) is 0 Å². The predicted octanol–water partition coefficient (Wildman–Crippen LogP) is 0.138. The number of nitrogens with zero attached hydrogens (tertiary/aromatic N) is 2. The van der Waals surface area contributed by atoms with Crippen LogP contribution in [0.1, 0.15) is 6.42 Å². The zero-order valence-electron chi connectivity index (χ0n) is 7.53. The predicted molar refractivity (Wildman–Crippen MR) is 53.9 cm³/mol. The molecule has 1 aromatic rings. The van der Waals surface area contributed by atoms with Gasteiger partial charge >= 0.3 is 0 Å². The highest BCUT2D eigenvalue weighted by atomic mass is 32.1. The number of aromatic hydroxyl groups is 1. The fourth-order valence-corrected chi connectivity index (χ4v) is 1.52. The second-order valence-corrected chi connectivity index (χ2v) is 3.46. The average molecular weight is 202 g/mol. The summed E-state index contributed by atoms with van der Waals surface area (Å²) in [5.41, 5.74) is 0. The molecule has 6 heteroatoms. The lowest BCUT2D eigenvalue weighted by Gasteiger charge is -2.14. The molecule has 0 aliphatic rings. The molecule has 0 aromatic carbocycles. The van der Waals surface area contributed by atoms with Crippen molar-refractivity contribution in [3.63, 3.8) is 0 Å². The quantitative estimate of drug-likeness (QED) is 0.360. The molecule has 0 saturated heterocycles. The lowest BCUT2D eigenvalue weighted by atomic mass is 10.4. The number of anilines is 1. The fourth-order valence-electron chi connectivity index (χ4n) is 0.928. The van der Waals surface area contributed by atoms with Gasteiger partial charge in [0, 0.05) is 12.6 Å². The van der Waals surface area contributed by atoms with E-state index in [9.17, 15) is 0 Å². The standard InChI is InChI=1S/C7H14N4OS/c1-9-3-2-4-11(8)7-5-6(12)10-13-7/h5,9H,2-4,8H2,1H3,(H,10,12). The topological polar surface area (TPSA) is 74.4 Å². The van der Waals surface area contributed by atoms with Crippen LogP contribution in [0.4, 0.5) is 5.00 Å². The smallest absolute Gasteiger partial charge is 0.224 e. The molecule has 13 heavy (non-hydrogen) atoms. The summed E-state index contributed by atoms with van der Waals surface area (Å²) in [5, 5.41) is 14.4. The van der Waals surface area contributed by atoms with Crippen molar-refractivity contribution < 1.29 is 5.11 Å². The van der Waals surface area contributed by atoms with Crippen molar-refractivity contribution in [1.82, 2.24) is 9.69 Å². The van der Waals surface area contributed by atoms with Crippen molar-refractivity contribution in [2.45, 2.75) is 6.42 Å². The van der Waals surface area contributed by atoms with Gasteiger partial charge in [0.15, 0.2) is 0 Å². The van der Waals surface area contributed by atoms with Crippen molar-refractivity contribution in [3.8, 4) is 5.88 Å². The number of hydrazine groups is 1. The van der Waals surface area contributed by atoms with Crippen LogP contribution in [-0.2, 0) is 0 Å². The normalized spacial score (nSPS) is 10.3. The van der Waals surface area contributed by atoms with Crippen molar-refractivity contribution in [1.29, 1.82) is 0 Å². The summed E-state index contributed by atoms with van der Waals surface area (Å²) in [6, 6.07) is 1.56. The average Bonchev–Trinajstić information content (AvgIpc) is 2.52. The Kier molecular flexibility index (Phi) is 3.94. The van der Waals surface area contributed by atoms with Crippen LogP contribution in [0.2, 0.25) is 0 Å². The van der Waals surface area contributed by atoms with Gasteiger partial charge in [-0.2, -0.15) is 4.37 Å². The molecule has 74 valence electrons. The summed E-state index contributed by atoms with van der Waals surface area (Å²) in [5.74, 6) is 5.75. The third-order valence-electron chi connectivity index (χ3n) is 1.59. The Bertz CT molecular complexity index is 252. The zero-order chi connectivity index (χ0) is 9.68. The first-order chi connectivity index (χ1) is 6.24. The highest BCUT2D eigenvalue weighted by molar-refractivity contribution is 7.10. The summed E-state index contributed by atoms with van der Waals surface area (Å²) in [7, 11) is 1.90. The van der Waals surface area contributed by atoms with E-state index in [0.717, 1.165) is 24.5 Å². The van der Waals surface area contributed by atoms with Crippen molar-refractivity contribution in [3.05, 3.63) is 6.07 Å². The molecule has 1 aromatic heterocycles. The van der Waals surface area contributed by atoms with E-state index in [1.54, 1.807) is 11.1 Å². The van der Waals surface area contributed by atoms with Gasteiger partial charge in [0.25, 0.3) is 0 Å². The number of nitrogens with two attached hydrogens (primary N) is 1. The van der Waals surface area contributed by atoms with Crippen LogP contribution in [0.15, 0.2) is 6.07 Å². The maximum Gasteiger partial charge on any atom is 0.224 e. The molecule has 0 saturated carbocycles. The van der Waals surface area contributed by atoms with E-state index in [1.165, 1.54) is 11.5 Å². The van der Waals surface area contributed by atoms with Gasteiger partial charge in [-0.25, -0.2) is 5.84 Å². The molecule has 0 bridgehead atoms. The molecule has 0 unspecified atom stereocenters. The molecular formula is C7H14N4OS. The second kappa shape index (κ2) is 5.00. The van der Waals surface area contributed by atoms with Gasteiger partial charge in [0.1, 0.15) is 5.00 Å². The van der Waals surface area contributed by atoms with E-state index in [0.29, 0.717) is 0 Å². The molecule has 0 radical (unpaired) electrons. The molecule has 0 aliphatic heterocycles. The Morgan fingerprint density at radius 3 is 3.08 bits per heavy atom. The second-order valence-electron chi connectivity index (χ2n) is 2.67. The van der Waals surface area contributed by atoms with E-state index in [1.807, 2.05) is 7.05 Å². The number of aromatic nitrogens is 1. The first-order valence-corrected chi connectivity index (χ1v) is 4.84. The lowest BCUT2D eigenvalue weighted by Crippen LogP contribution is -2.32. The third-order valence-corrected chi connectivity index (χ3v) is 2.41. The summed E-state index contributed by atoms with van der Waals surface area (Å²) in [6.45, 7) is 1.68. The maximum atomic E-state index is 8.98. The van der Waals surface area contributed by atoms with Crippen LogP contribution in [-0.4, -0.2) is 29.6 Å². The Morgan fingerprint density at radius 1 is 1.77 bits per heavy atom. The monoisotopic (exact) mass is 202 g/mol. The molecule has 0 amide bonds. The highest BCUT2D eigenvalue weighted by Crippen LogP contribution is 2.22. The van der Waals surface area contributed by atoms with Gasteiger partial charge in [-0.1, -0.05) is 0 Å². The molecular weight excluding hydrogens is 188 g/mol. The maximum absolute atomic E-state index is 8.98. The highest BCUT2D eigenvalue weighted by Gasteiger charge is 2.05. The van der Waals surface area contributed by atoms with Crippen LogP contribution in [0, 0.1) is 0 Å². The van der Waals surface area contributed by atoms with Gasteiger partial charge in [-0.15, -0.1) is 0 Å². The summed E-state index contributed by atoms with van der Waals surface area (Å²) in [6.07, 6.45) is 0.964. The van der Waals surface area contributed by atoms with Crippen LogP contribution in [0.3, 0.4) is 0 Å². The molecule has 0 fully saturated rings. The first-order valence-electron chi connectivity index (χ1n) is 4.06. The van der Waals surface area contributed by atoms with Crippen molar-refractivity contribution >= 4 is 16.5 Å². The van der Waals surface area contributed by atoms with Crippen LogP contribution in [0.5, 0.6) is 5.88 Å². The molecule has 1 heterocycles. The Labute approximate surface area is 81.3 Å². The van der Waals surface area contributed by atoms with Crippen LogP contribution >= 0.6 is 11.5 Å². The minimum absolute atomic E-state index is 0.0315. The zero-order valence-corrected chi connectivity index (χ0v) is 8.34. The Morgan fingerprint density at radius 2 is 2.54 bits per heavy atom. The van der Waals surface area contributed by atoms with Gasteiger partial charge < -0.3 is 15.4 Å². The molecule has 4 N–H and O–H groups in total. The fraction of sp³-hybridized carbons (Fsp3) is 0.571. The van der Waals surface area contributed by atoms with E-state index < -0.39 is 0 Å².